The van der Waals surface area contributed by atoms with Crippen molar-refractivity contribution in [1.29, 1.82) is 0 Å². The Morgan fingerprint density at radius 2 is 2.22 bits per heavy atom. The molecule has 0 fully saturated rings. The summed E-state index contributed by atoms with van der Waals surface area (Å²) in [5, 5.41) is 0. The highest BCUT2D eigenvalue weighted by Gasteiger charge is 2.06. The average molecular weight is 310 g/mol. The van der Waals surface area contributed by atoms with E-state index in [0.29, 0.717) is 23.7 Å². The molecule has 3 N–H and O–H groups in total. The van der Waals surface area contributed by atoms with E-state index in [2.05, 4.69) is 25.9 Å². The molecule has 18 heavy (non-hydrogen) atoms. The number of hydrogen-bond acceptors (Lipinski definition) is 4. The zero-order valence-corrected chi connectivity index (χ0v) is 11.3. The van der Waals surface area contributed by atoms with E-state index >= 15 is 0 Å². The van der Waals surface area contributed by atoms with Gasteiger partial charge in [-0.2, -0.15) is 4.98 Å². The summed E-state index contributed by atoms with van der Waals surface area (Å²) in [6.45, 7) is 1.90. The lowest BCUT2D eigenvalue weighted by Crippen LogP contribution is -2.10. The van der Waals surface area contributed by atoms with Crippen LogP contribution >= 0.6 is 15.9 Å². The predicted octanol–water partition coefficient (Wildman–Crippen LogP) is 2.47. The summed E-state index contributed by atoms with van der Waals surface area (Å²) in [5.41, 5.74) is 6.02. The largest absolute Gasteiger partial charge is 0.437 e. The van der Waals surface area contributed by atoms with Gasteiger partial charge in [-0.15, -0.1) is 0 Å². The first-order chi connectivity index (χ1) is 8.58. The second-order valence-corrected chi connectivity index (χ2v) is 4.53. The third-order valence-corrected chi connectivity index (χ3v) is 2.93. The highest BCUT2D eigenvalue weighted by atomic mass is 79.9. The molecule has 2 aromatic rings. The molecule has 2 rings (SSSR count). The van der Waals surface area contributed by atoms with Crippen molar-refractivity contribution in [3.8, 4) is 11.6 Å². The number of ether oxygens (including phenoxy) is 1. The van der Waals surface area contributed by atoms with Crippen molar-refractivity contribution >= 4 is 21.6 Å². The molecule has 94 valence electrons. The number of halogens is 1. The Morgan fingerprint density at radius 3 is 2.94 bits per heavy atom. The van der Waals surface area contributed by atoms with Crippen LogP contribution in [0, 0.1) is 0 Å². The second-order valence-electron chi connectivity index (χ2n) is 3.68. The number of benzene rings is 1. The molecule has 0 spiro atoms. The Labute approximate surface area is 112 Å². The fraction of sp³-hybridized carbons (Fsp3) is 0.167. The van der Waals surface area contributed by atoms with Crippen LogP contribution in [-0.2, 0) is 6.42 Å². The van der Waals surface area contributed by atoms with Crippen molar-refractivity contribution in [2.75, 3.05) is 5.73 Å². The molecule has 5 nitrogen and oxygen atoms in total. The fourth-order valence-corrected chi connectivity index (χ4v) is 1.74. The minimum absolute atomic E-state index is 0.239. The van der Waals surface area contributed by atoms with Crippen molar-refractivity contribution < 1.29 is 4.74 Å². The molecule has 0 saturated heterocycles. The van der Waals surface area contributed by atoms with Crippen LogP contribution in [0.1, 0.15) is 12.7 Å². The van der Waals surface area contributed by atoms with Gasteiger partial charge in [0.2, 0.25) is 5.88 Å². The molecule has 0 saturated carbocycles. The Hall–Kier alpha value is -1.82. The summed E-state index contributed by atoms with van der Waals surface area (Å²) >= 11 is 3.35. The number of aryl methyl sites for hydroxylation is 1. The van der Waals surface area contributed by atoms with Gasteiger partial charge in [0.05, 0.1) is 10.5 Å². The zero-order chi connectivity index (χ0) is 13.1. The van der Waals surface area contributed by atoms with Gasteiger partial charge in [0.1, 0.15) is 11.6 Å². The van der Waals surface area contributed by atoms with Crippen LogP contribution < -0.4 is 16.0 Å². The van der Waals surface area contributed by atoms with Crippen LogP contribution in [0.25, 0.3) is 0 Å². The van der Waals surface area contributed by atoms with E-state index in [0.717, 1.165) is 4.47 Å². The zero-order valence-electron chi connectivity index (χ0n) is 9.74. The molecule has 0 bridgehead atoms. The quantitative estimate of drug-likeness (QED) is 0.853. The van der Waals surface area contributed by atoms with Crippen LogP contribution in [0.5, 0.6) is 11.6 Å². The van der Waals surface area contributed by atoms with E-state index in [1.165, 1.54) is 6.07 Å². The van der Waals surface area contributed by atoms with Gasteiger partial charge in [-0.1, -0.05) is 6.92 Å². The Kier molecular flexibility index (Phi) is 3.66. The monoisotopic (exact) mass is 309 g/mol. The number of H-pyrrole nitrogens is 1. The van der Waals surface area contributed by atoms with E-state index in [9.17, 15) is 4.79 Å². The first kappa shape index (κ1) is 12.6. The Morgan fingerprint density at radius 1 is 1.44 bits per heavy atom. The highest BCUT2D eigenvalue weighted by Crippen LogP contribution is 2.30. The number of aromatic amines is 1. The summed E-state index contributed by atoms with van der Waals surface area (Å²) in [6.07, 6.45) is 0.630. The number of nitrogens with two attached hydrogens (primary N) is 1. The third kappa shape index (κ3) is 2.89. The highest BCUT2D eigenvalue weighted by molar-refractivity contribution is 9.10. The number of aromatic nitrogens is 2. The second kappa shape index (κ2) is 5.22. The van der Waals surface area contributed by atoms with E-state index in [4.69, 9.17) is 10.5 Å². The summed E-state index contributed by atoms with van der Waals surface area (Å²) in [5.74, 6) is 1.36. The van der Waals surface area contributed by atoms with Crippen molar-refractivity contribution in [2.24, 2.45) is 0 Å². The molecule has 0 atom stereocenters. The van der Waals surface area contributed by atoms with Gasteiger partial charge in [0, 0.05) is 18.2 Å². The summed E-state index contributed by atoms with van der Waals surface area (Å²) in [6, 6.07) is 6.49. The molecule has 0 radical (unpaired) electrons. The van der Waals surface area contributed by atoms with E-state index in [1.807, 2.05) is 6.92 Å². The SMILES string of the molecule is CCc1nc(Oc2cc(N)ccc2Br)cc(=O)[nH]1. The Balaban J connectivity index is 2.36. The topological polar surface area (TPSA) is 81.0 Å². The minimum atomic E-state index is -0.239. The molecule has 0 aliphatic heterocycles. The van der Waals surface area contributed by atoms with Gasteiger partial charge in [-0.25, -0.2) is 0 Å². The maximum Gasteiger partial charge on any atom is 0.254 e. The fourth-order valence-electron chi connectivity index (χ4n) is 1.41. The molecular formula is C12H12BrN3O2. The van der Waals surface area contributed by atoms with E-state index in [1.54, 1.807) is 18.2 Å². The summed E-state index contributed by atoms with van der Waals surface area (Å²) < 4.78 is 6.30. The smallest absolute Gasteiger partial charge is 0.254 e. The van der Waals surface area contributed by atoms with Crippen molar-refractivity contribution in [3.63, 3.8) is 0 Å². The standard InChI is InChI=1S/C12H12BrN3O2/c1-2-10-15-11(17)6-12(16-10)18-9-5-7(14)3-4-8(9)13/h3-6H,2,14H2,1H3,(H,15,16,17). The van der Waals surface area contributed by atoms with E-state index < -0.39 is 0 Å². The number of nitrogens with one attached hydrogen (secondary N) is 1. The van der Waals surface area contributed by atoms with Crippen molar-refractivity contribution in [2.45, 2.75) is 13.3 Å². The van der Waals surface area contributed by atoms with Crippen molar-refractivity contribution in [3.05, 3.63) is 44.9 Å². The maximum absolute atomic E-state index is 11.4. The van der Waals surface area contributed by atoms with Crippen LogP contribution in [0.4, 0.5) is 5.69 Å². The van der Waals surface area contributed by atoms with E-state index in [-0.39, 0.29) is 11.4 Å². The predicted molar refractivity (Wildman–Crippen MR) is 72.9 cm³/mol. The summed E-state index contributed by atoms with van der Waals surface area (Å²) in [7, 11) is 0. The van der Waals surface area contributed by atoms with Gasteiger partial charge in [-0.05, 0) is 28.1 Å². The number of anilines is 1. The molecule has 0 aliphatic rings. The maximum atomic E-state index is 11.4. The summed E-state index contributed by atoms with van der Waals surface area (Å²) in [4.78, 5) is 18.2. The minimum Gasteiger partial charge on any atom is -0.437 e. The van der Waals surface area contributed by atoms with Gasteiger partial charge in [0.15, 0.2) is 0 Å². The molecule has 0 amide bonds. The lowest BCUT2D eigenvalue weighted by Gasteiger charge is -2.08. The van der Waals surface area contributed by atoms with Crippen LogP contribution in [0.15, 0.2) is 33.5 Å². The molecule has 0 unspecified atom stereocenters. The van der Waals surface area contributed by atoms with Gasteiger partial charge >= 0.3 is 0 Å². The molecule has 1 aromatic carbocycles. The Bertz CT molecular complexity index is 625. The molecule has 1 aromatic heterocycles. The molecule has 1 heterocycles. The lowest BCUT2D eigenvalue weighted by atomic mass is 10.3. The molecular weight excluding hydrogens is 298 g/mol. The number of hydrogen-bond donors (Lipinski definition) is 2. The number of nitrogen functional groups attached to an aromatic ring is 1. The first-order valence-electron chi connectivity index (χ1n) is 5.41. The van der Waals surface area contributed by atoms with Crippen LogP contribution in [0.3, 0.4) is 0 Å². The van der Waals surface area contributed by atoms with Crippen molar-refractivity contribution in [1.82, 2.24) is 9.97 Å². The van der Waals surface area contributed by atoms with Gasteiger partial charge in [0.25, 0.3) is 5.56 Å². The molecule has 6 heteroatoms. The van der Waals surface area contributed by atoms with Crippen LogP contribution in [0.2, 0.25) is 0 Å². The van der Waals surface area contributed by atoms with Gasteiger partial charge in [-0.3, -0.25) is 4.79 Å². The lowest BCUT2D eigenvalue weighted by molar-refractivity contribution is 0.455. The van der Waals surface area contributed by atoms with Gasteiger partial charge < -0.3 is 15.5 Å². The first-order valence-corrected chi connectivity index (χ1v) is 6.21. The molecule has 0 aliphatic carbocycles. The number of rotatable bonds is 3. The van der Waals surface area contributed by atoms with Crippen LogP contribution in [-0.4, -0.2) is 9.97 Å². The third-order valence-electron chi connectivity index (χ3n) is 2.27. The number of nitrogens with zero attached hydrogens (tertiary/aromatic N) is 1. The normalized spacial score (nSPS) is 10.3. The average Bonchev–Trinajstić information content (AvgIpc) is 2.33.